The zero-order chi connectivity index (χ0) is 23.8. The van der Waals surface area contributed by atoms with Gasteiger partial charge in [0.2, 0.25) is 10.0 Å². The number of piperidine rings is 1. The third-order valence-corrected chi connectivity index (χ3v) is 8.59. The second-order valence-corrected chi connectivity index (χ2v) is 10.9. The smallest absolute Gasteiger partial charge is 0.325 e. The van der Waals surface area contributed by atoms with E-state index in [9.17, 15) is 18.0 Å². The highest BCUT2D eigenvalue weighted by Gasteiger charge is 2.42. The Labute approximate surface area is 195 Å². The molecule has 1 aromatic rings. The average molecular weight is 481 g/mol. The first kappa shape index (κ1) is 23.8. The van der Waals surface area contributed by atoms with E-state index in [-0.39, 0.29) is 29.4 Å². The predicted octanol–water partition coefficient (Wildman–Crippen LogP) is 2.33. The molecule has 0 N–H and O–H groups in total. The monoisotopic (exact) mass is 480 g/mol. The third-order valence-electron chi connectivity index (χ3n) is 6.68. The van der Waals surface area contributed by atoms with Crippen molar-refractivity contribution in [3.8, 4) is 11.5 Å². The Balaban J connectivity index is 1.47. The second-order valence-electron chi connectivity index (χ2n) is 9.03. The lowest BCUT2D eigenvalue weighted by molar-refractivity contribution is -0.164. The molecule has 3 heterocycles. The van der Waals surface area contributed by atoms with Crippen LogP contribution in [0, 0.1) is 0 Å². The molecule has 1 aromatic carbocycles. The number of hydrogen-bond acceptors (Lipinski definition) is 7. The van der Waals surface area contributed by atoms with Gasteiger partial charge in [-0.3, -0.25) is 9.59 Å². The van der Waals surface area contributed by atoms with Crippen LogP contribution in [0.2, 0.25) is 0 Å². The van der Waals surface area contributed by atoms with E-state index in [1.165, 1.54) is 16.4 Å². The van der Waals surface area contributed by atoms with Gasteiger partial charge in [-0.2, -0.15) is 4.31 Å². The lowest BCUT2D eigenvalue weighted by Crippen LogP contribution is -2.52. The lowest BCUT2D eigenvalue weighted by atomic mass is 9.97. The molecule has 0 saturated carbocycles. The van der Waals surface area contributed by atoms with E-state index in [0.29, 0.717) is 37.6 Å². The van der Waals surface area contributed by atoms with Gasteiger partial charge < -0.3 is 19.1 Å². The Morgan fingerprint density at radius 3 is 2.39 bits per heavy atom. The molecular formula is C23H32N2O7S. The molecule has 0 aliphatic carbocycles. The van der Waals surface area contributed by atoms with Crippen molar-refractivity contribution in [2.45, 2.75) is 82.0 Å². The van der Waals surface area contributed by atoms with Crippen LogP contribution < -0.4 is 9.47 Å². The third kappa shape index (κ3) is 4.68. The molecule has 10 heteroatoms. The summed E-state index contributed by atoms with van der Waals surface area (Å²) >= 11 is 0. The van der Waals surface area contributed by atoms with Gasteiger partial charge in [0.25, 0.3) is 5.91 Å². The number of rotatable bonds is 5. The van der Waals surface area contributed by atoms with Gasteiger partial charge in [0.15, 0.2) is 17.6 Å². The summed E-state index contributed by atoms with van der Waals surface area (Å²) in [7, 11) is -3.96. The number of amides is 1. The van der Waals surface area contributed by atoms with Crippen LogP contribution in [0.3, 0.4) is 0 Å². The zero-order valence-corrected chi connectivity index (χ0v) is 20.2. The van der Waals surface area contributed by atoms with E-state index in [4.69, 9.17) is 14.2 Å². The quantitative estimate of drug-likeness (QED) is 0.596. The summed E-state index contributed by atoms with van der Waals surface area (Å²) in [5.74, 6) is -0.0650. The van der Waals surface area contributed by atoms with Gasteiger partial charge in [-0.1, -0.05) is 0 Å². The molecule has 2 fully saturated rings. The van der Waals surface area contributed by atoms with Crippen LogP contribution in [-0.2, 0) is 24.3 Å². The van der Waals surface area contributed by atoms with Crippen molar-refractivity contribution in [2.24, 2.45) is 0 Å². The molecule has 1 amide bonds. The Kier molecular flexibility index (Phi) is 6.86. The largest absolute Gasteiger partial charge is 0.486 e. The minimum absolute atomic E-state index is 0.0338. The molecule has 0 aromatic heterocycles. The molecule has 3 aliphatic rings. The molecule has 33 heavy (non-hydrogen) atoms. The number of carbonyl (C=O) groups is 2. The van der Waals surface area contributed by atoms with Crippen LogP contribution in [0.5, 0.6) is 11.5 Å². The summed E-state index contributed by atoms with van der Waals surface area (Å²) in [5.41, 5.74) is 0. The Bertz CT molecular complexity index is 1000. The number of nitrogens with zero attached hydrogens (tertiary/aromatic N) is 2. The highest BCUT2D eigenvalue weighted by Crippen LogP contribution is 2.35. The highest BCUT2D eigenvalue weighted by molar-refractivity contribution is 7.89. The number of fused-ring (bicyclic) bond motifs is 1. The van der Waals surface area contributed by atoms with Crippen LogP contribution in [0.25, 0.3) is 0 Å². The van der Waals surface area contributed by atoms with Gasteiger partial charge in [0, 0.05) is 24.7 Å². The SMILES string of the molecule is C[C@@H](OC(=O)[C@H]1CCCN1S(=O)(=O)c1ccc2c(c1)OCCO2)C(=O)N1[C@@H](C)CCC[C@@H]1C. The molecule has 182 valence electrons. The molecule has 2 saturated heterocycles. The normalized spacial score (nSPS) is 26.6. The topological polar surface area (TPSA) is 102 Å². The van der Waals surface area contributed by atoms with Gasteiger partial charge >= 0.3 is 5.97 Å². The molecule has 0 radical (unpaired) electrons. The summed E-state index contributed by atoms with van der Waals surface area (Å²) < 4.78 is 44.3. The standard InChI is InChI=1S/C23H32N2O7S/c1-15-6-4-7-16(2)25(15)22(26)17(3)32-23(27)19-8-5-11-24(19)33(28,29)18-9-10-20-21(14-18)31-13-12-30-20/h9-10,14-17,19H,4-8,11-13H2,1-3H3/t15-,16-,17+,19+/m0/s1. The van der Waals surface area contributed by atoms with E-state index < -0.39 is 28.1 Å². The van der Waals surface area contributed by atoms with E-state index in [1.807, 2.05) is 13.8 Å². The number of likely N-dealkylation sites (tertiary alicyclic amines) is 1. The highest BCUT2D eigenvalue weighted by atomic mass is 32.2. The predicted molar refractivity (Wildman–Crippen MR) is 120 cm³/mol. The molecule has 9 nitrogen and oxygen atoms in total. The molecule has 0 unspecified atom stereocenters. The van der Waals surface area contributed by atoms with Crippen molar-refractivity contribution in [1.29, 1.82) is 0 Å². The van der Waals surface area contributed by atoms with Gasteiger partial charge in [-0.15, -0.1) is 0 Å². The first-order valence-corrected chi connectivity index (χ1v) is 13.1. The minimum atomic E-state index is -3.96. The maximum Gasteiger partial charge on any atom is 0.325 e. The van der Waals surface area contributed by atoms with Crippen molar-refractivity contribution < 1.29 is 32.2 Å². The fourth-order valence-electron chi connectivity index (χ4n) is 4.95. The fraction of sp³-hybridized carbons (Fsp3) is 0.652. The van der Waals surface area contributed by atoms with E-state index in [2.05, 4.69) is 0 Å². The van der Waals surface area contributed by atoms with Crippen molar-refractivity contribution in [3.05, 3.63) is 18.2 Å². The summed E-state index contributed by atoms with van der Waals surface area (Å²) in [5, 5.41) is 0. The average Bonchev–Trinajstić information content (AvgIpc) is 3.29. The maximum atomic E-state index is 13.3. The van der Waals surface area contributed by atoms with E-state index in [0.717, 1.165) is 19.3 Å². The van der Waals surface area contributed by atoms with Gasteiger partial charge in [-0.25, -0.2) is 8.42 Å². The van der Waals surface area contributed by atoms with Crippen LogP contribution >= 0.6 is 0 Å². The van der Waals surface area contributed by atoms with Gasteiger partial charge in [-0.05, 0) is 65.0 Å². The van der Waals surface area contributed by atoms with Crippen LogP contribution in [0.1, 0.15) is 52.9 Å². The second kappa shape index (κ2) is 9.50. The minimum Gasteiger partial charge on any atom is -0.486 e. The lowest BCUT2D eigenvalue weighted by Gasteiger charge is -2.40. The van der Waals surface area contributed by atoms with E-state index >= 15 is 0 Å². The number of ether oxygens (including phenoxy) is 3. The molecule has 4 rings (SSSR count). The number of esters is 1. The van der Waals surface area contributed by atoms with Crippen molar-refractivity contribution in [2.75, 3.05) is 19.8 Å². The number of sulfonamides is 1. The molecule has 0 spiro atoms. The van der Waals surface area contributed by atoms with Crippen LogP contribution in [0.4, 0.5) is 0 Å². The summed E-state index contributed by atoms with van der Waals surface area (Å²) in [4.78, 5) is 27.8. The van der Waals surface area contributed by atoms with Crippen molar-refractivity contribution in [1.82, 2.24) is 9.21 Å². The fourth-order valence-corrected chi connectivity index (χ4v) is 6.61. The Morgan fingerprint density at radius 1 is 1.03 bits per heavy atom. The van der Waals surface area contributed by atoms with Crippen LogP contribution in [-0.4, -0.2) is 73.5 Å². The first-order valence-electron chi connectivity index (χ1n) is 11.6. The zero-order valence-electron chi connectivity index (χ0n) is 19.4. The van der Waals surface area contributed by atoms with E-state index in [1.54, 1.807) is 17.9 Å². The Morgan fingerprint density at radius 2 is 1.70 bits per heavy atom. The van der Waals surface area contributed by atoms with Gasteiger partial charge in [0.05, 0.1) is 4.90 Å². The van der Waals surface area contributed by atoms with Crippen molar-refractivity contribution >= 4 is 21.9 Å². The van der Waals surface area contributed by atoms with Gasteiger partial charge in [0.1, 0.15) is 19.3 Å². The molecule has 3 aliphatic heterocycles. The number of hydrogen-bond donors (Lipinski definition) is 0. The summed E-state index contributed by atoms with van der Waals surface area (Å²) in [6.45, 7) is 6.52. The number of carbonyl (C=O) groups excluding carboxylic acids is 2. The number of benzene rings is 1. The molecule has 0 bridgehead atoms. The summed E-state index contributed by atoms with van der Waals surface area (Å²) in [6.07, 6.45) is 2.81. The summed E-state index contributed by atoms with van der Waals surface area (Å²) in [6, 6.07) is 3.65. The maximum absolute atomic E-state index is 13.3. The van der Waals surface area contributed by atoms with Crippen molar-refractivity contribution in [3.63, 3.8) is 0 Å². The molecular weight excluding hydrogens is 448 g/mol. The first-order chi connectivity index (χ1) is 15.7. The molecule has 4 atom stereocenters. The van der Waals surface area contributed by atoms with Crippen LogP contribution in [0.15, 0.2) is 23.1 Å². The Hall–Kier alpha value is -2.33.